The Kier molecular flexibility index (Phi) is 8.90. The van der Waals surface area contributed by atoms with E-state index in [1.165, 1.54) is 32.2 Å². The van der Waals surface area contributed by atoms with E-state index in [4.69, 9.17) is 28.1 Å². The lowest BCUT2D eigenvalue weighted by Gasteiger charge is -2.42. The molecular weight excluding hydrogens is 592 g/mol. The van der Waals surface area contributed by atoms with Crippen LogP contribution in [0, 0.1) is 0 Å². The van der Waals surface area contributed by atoms with E-state index in [2.05, 4.69) is 0 Å². The van der Waals surface area contributed by atoms with Crippen molar-refractivity contribution in [1.29, 1.82) is 0 Å². The van der Waals surface area contributed by atoms with Crippen molar-refractivity contribution < 1.29 is 74.1 Å². The van der Waals surface area contributed by atoms with Gasteiger partial charge in [-0.1, -0.05) is 0 Å². The number of fused-ring (bicyclic) bond motifs is 1. The predicted octanol–water partition coefficient (Wildman–Crippen LogP) is -1.38. The molecule has 9 N–H and O–H groups in total. The lowest BCUT2D eigenvalue weighted by molar-refractivity contribution is -0.318. The van der Waals surface area contributed by atoms with Gasteiger partial charge in [0, 0.05) is 17.7 Å². The first kappa shape index (κ1) is 31.7. The number of hydrogen-bond donors (Lipinski definition) is 9. The highest BCUT2D eigenvalue weighted by Gasteiger charge is 2.47. The molecule has 0 amide bonds. The maximum absolute atomic E-state index is 13.7. The van der Waals surface area contributed by atoms with Crippen molar-refractivity contribution in [1.82, 2.24) is 0 Å². The molecule has 10 atom stereocenters. The van der Waals surface area contributed by atoms with Gasteiger partial charge in [-0.15, -0.1) is 0 Å². The maximum atomic E-state index is 13.7. The van der Waals surface area contributed by atoms with Crippen LogP contribution >= 0.6 is 0 Å². The minimum atomic E-state index is -1.94. The Morgan fingerprint density at radius 2 is 1.48 bits per heavy atom. The highest BCUT2D eigenvalue weighted by molar-refractivity contribution is 5.88. The highest BCUT2D eigenvalue weighted by Crippen LogP contribution is 2.39. The second-order valence-electron chi connectivity index (χ2n) is 10.5. The lowest BCUT2D eigenvalue weighted by Crippen LogP contribution is -2.61. The summed E-state index contributed by atoms with van der Waals surface area (Å²) in [5.41, 5.74) is -1.11. The zero-order valence-electron chi connectivity index (χ0n) is 23.3. The highest BCUT2D eigenvalue weighted by atomic mass is 16.7. The number of ether oxygens (including phenoxy) is 5. The molecule has 2 aliphatic rings. The fraction of sp³-hybridized carbons (Fsp3) is 0.464. The van der Waals surface area contributed by atoms with Gasteiger partial charge in [0.15, 0.2) is 23.5 Å². The Hall–Kier alpha value is -3.71. The summed E-state index contributed by atoms with van der Waals surface area (Å²) in [7, 11) is 1.28. The molecular formula is C28H32O16. The number of aliphatic hydroxyl groups is 6. The van der Waals surface area contributed by atoms with Crippen LogP contribution in [0.1, 0.15) is 6.92 Å². The van der Waals surface area contributed by atoms with Gasteiger partial charge in [-0.05, 0) is 25.1 Å². The first-order valence-corrected chi connectivity index (χ1v) is 13.4. The van der Waals surface area contributed by atoms with Crippen molar-refractivity contribution in [2.45, 2.75) is 68.3 Å². The maximum Gasteiger partial charge on any atom is 0.239 e. The van der Waals surface area contributed by atoms with Gasteiger partial charge in [0.1, 0.15) is 65.2 Å². The number of phenols is 3. The van der Waals surface area contributed by atoms with E-state index >= 15 is 0 Å². The molecule has 0 saturated carbocycles. The topological polar surface area (TPSA) is 258 Å². The monoisotopic (exact) mass is 624 g/mol. The molecule has 2 fully saturated rings. The van der Waals surface area contributed by atoms with Gasteiger partial charge in [-0.2, -0.15) is 0 Å². The molecule has 0 aliphatic carbocycles. The molecule has 2 aliphatic heterocycles. The van der Waals surface area contributed by atoms with Crippen molar-refractivity contribution in [3.05, 3.63) is 40.6 Å². The van der Waals surface area contributed by atoms with Crippen LogP contribution in [0.3, 0.4) is 0 Å². The third-order valence-corrected chi connectivity index (χ3v) is 7.50. The minimum Gasteiger partial charge on any atom is -0.508 e. The lowest BCUT2D eigenvalue weighted by atomic mass is 9.98. The SMILES string of the molecule is COc1cc(-c2oc3cc(O)cc(O)c3c(=O)c2OC2O[C@H](CO[C@@H]3O[C@@H](C)[C@H](O)[C@@H](O)[C@H]3O)[C@H](O)[C@H](O)[C@H]2O)ccc1O. The van der Waals surface area contributed by atoms with Gasteiger partial charge >= 0.3 is 0 Å². The Balaban J connectivity index is 1.49. The van der Waals surface area contributed by atoms with E-state index in [1.807, 2.05) is 0 Å². The number of rotatable bonds is 7. The van der Waals surface area contributed by atoms with Crippen LogP contribution in [-0.2, 0) is 14.2 Å². The van der Waals surface area contributed by atoms with Crippen molar-refractivity contribution in [3.63, 3.8) is 0 Å². The summed E-state index contributed by atoms with van der Waals surface area (Å²) >= 11 is 0. The molecule has 2 saturated heterocycles. The van der Waals surface area contributed by atoms with Crippen molar-refractivity contribution in [3.8, 4) is 40.1 Å². The number of aromatic hydroxyl groups is 3. The quantitative estimate of drug-likeness (QED) is 0.147. The summed E-state index contributed by atoms with van der Waals surface area (Å²) in [4.78, 5) is 13.7. The standard InChI is InChI=1S/C28H32O16/c1-9-18(32)21(35)23(37)27(41-9)40-8-16-19(33)22(36)24(38)28(43-16)44-26-20(34)17-13(31)6-11(29)7-15(17)42-25(26)10-3-4-12(30)14(5-10)39-2/h3-7,9,16,18-19,21-24,27-33,35-38H,8H2,1-2H3/t9-,16+,18-,19-,21+,22-,23+,24+,27+,28?/m0/s1. The second kappa shape index (κ2) is 12.4. The minimum absolute atomic E-state index is 0.0151. The molecule has 5 rings (SSSR count). The van der Waals surface area contributed by atoms with Gasteiger partial charge < -0.3 is 74.1 Å². The van der Waals surface area contributed by atoms with Crippen molar-refractivity contribution in [2.24, 2.45) is 0 Å². The number of aliphatic hydroxyl groups excluding tert-OH is 6. The molecule has 1 unspecified atom stereocenters. The molecule has 0 radical (unpaired) electrons. The second-order valence-corrected chi connectivity index (χ2v) is 10.5. The summed E-state index contributed by atoms with van der Waals surface area (Å²) in [6, 6.07) is 5.83. The van der Waals surface area contributed by atoms with E-state index in [0.29, 0.717) is 0 Å². The van der Waals surface area contributed by atoms with Gasteiger partial charge in [0.05, 0.1) is 19.8 Å². The van der Waals surface area contributed by atoms with Crippen LogP contribution < -0.4 is 14.9 Å². The predicted molar refractivity (Wildman–Crippen MR) is 145 cm³/mol. The van der Waals surface area contributed by atoms with Gasteiger partial charge in [-0.25, -0.2) is 0 Å². The van der Waals surface area contributed by atoms with Crippen molar-refractivity contribution in [2.75, 3.05) is 13.7 Å². The average Bonchev–Trinajstić information content (AvgIpc) is 2.98. The molecule has 3 heterocycles. The number of hydrogen-bond acceptors (Lipinski definition) is 16. The van der Waals surface area contributed by atoms with E-state index in [0.717, 1.165) is 12.1 Å². The molecule has 3 aromatic rings. The molecule has 16 nitrogen and oxygen atoms in total. The van der Waals surface area contributed by atoms with Gasteiger partial charge in [-0.3, -0.25) is 4.79 Å². The smallest absolute Gasteiger partial charge is 0.239 e. The first-order chi connectivity index (χ1) is 20.8. The molecule has 44 heavy (non-hydrogen) atoms. The fourth-order valence-electron chi connectivity index (χ4n) is 4.99. The Morgan fingerprint density at radius 3 is 2.18 bits per heavy atom. The largest absolute Gasteiger partial charge is 0.508 e. The first-order valence-electron chi connectivity index (χ1n) is 13.4. The number of benzene rings is 2. The van der Waals surface area contributed by atoms with Crippen LogP contribution in [0.5, 0.6) is 28.7 Å². The van der Waals surface area contributed by atoms with Gasteiger partial charge in [0.25, 0.3) is 0 Å². The zero-order chi connectivity index (χ0) is 32.0. The van der Waals surface area contributed by atoms with Crippen molar-refractivity contribution >= 4 is 11.0 Å². The summed E-state index contributed by atoms with van der Waals surface area (Å²) < 4.78 is 33.2. The molecule has 0 bridgehead atoms. The molecule has 2 aromatic carbocycles. The van der Waals surface area contributed by atoms with E-state index in [9.17, 15) is 50.8 Å². The third kappa shape index (κ3) is 5.74. The summed E-state index contributed by atoms with van der Waals surface area (Å²) in [5.74, 6) is -2.28. The molecule has 16 heteroatoms. The summed E-state index contributed by atoms with van der Waals surface area (Å²) in [6.07, 6.45) is -16.0. The molecule has 1 aromatic heterocycles. The zero-order valence-corrected chi connectivity index (χ0v) is 23.3. The van der Waals surface area contributed by atoms with Crippen LogP contribution in [0.4, 0.5) is 0 Å². The van der Waals surface area contributed by atoms with Crippen LogP contribution in [0.25, 0.3) is 22.3 Å². The molecule has 240 valence electrons. The van der Waals surface area contributed by atoms with Gasteiger partial charge in [0.2, 0.25) is 17.5 Å². The van der Waals surface area contributed by atoms with E-state index in [1.54, 1.807) is 0 Å². The fourth-order valence-corrected chi connectivity index (χ4v) is 4.99. The Morgan fingerprint density at radius 1 is 0.795 bits per heavy atom. The molecule has 0 spiro atoms. The van der Waals surface area contributed by atoms with E-state index in [-0.39, 0.29) is 28.4 Å². The van der Waals surface area contributed by atoms with Crippen LogP contribution in [-0.4, -0.2) is 121 Å². The Labute approximate surface area is 248 Å². The van der Waals surface area contributed by atoms with E-state index < -0.39 is 96.1 Å². The summed E-state index contributed by atoms with van der Waals surface area (Å²) in [6.45, 7) is 0.845. The Bertz CT molecular complexity index is 1560. The van der Waals surface area contributed by atoms with Crippen LogP contribution in [0.2, 0.25) is 0 Å². The number of methoxy groups -OCH3 is 1. The third-order valence-electron chi connectivity index (χ3n) is 7.50. The normalized spacial score (nSPS) is 32.5. The van der Waals surface area contributed by atoms with Crippen LogP contribution in [0.15, 0.2) is 39.5 Å². The number of phenolic OH excluding ortho intramolecular Hbond substituents is 3. The average molecular weight is 625 g/mol. The summed E-state index contributed by atoms with van der Waals surface area (Å²) in [5, 5.41) is 92.1.